The quantitative estimate of drug-likeness (QED) is 0.605. The number of benzene rings is 2. The number of hydrogen-bond acceptors (Lipinski definition) is 5. The summed E-state index contributed by atoms with van der Waals surface area (Å²) in [5, 5.41) is 10.5. The van der Waals surface area contributed by atoms with Crippen molar-refractivity contribution in [2.45, 2.75) is 19.8 Å². The van der Waals surface area contributed by atoms with Gasteiger partial charge in [0, 0.05) is 5.56 Å². The summed E-state index contributed by atoms with van der Waals surface area (Å²) in [7, 11) is 4.79. The largest absolute Gasteiger partial charge is 0.497 e. The van der Waals surface area contributed by atoms with Gasteiger partial charge in [0.1, 0.15) is 11.4 Å². The van der Waals surface area contributed by atoms with Crippen LogP contribution in [0.3, 0.4) is 0 Å². The molecule has 29 heavy (non-hydrogen) atoms. The summed E-state index contributed by atoms with van der Waals surface area (Å²) >= 11 is 0. The Hall–Kier alpha value is -3.48. The molecule has 3 rings (SSSR count). The Kier molecular flexibility index (Phi) is 6.39. The average Bonchev–Trinajstić information content (AvgIpc) is 3.16. The zero-order valence-corrected chi connectivity index (χ0v) is 17.0. The predicted octanol–water partition coefficient (Wildman–Crippen LogP) is 3.85. The second-order valence-corrected chi connectivity index (χ2v) is 6.42. The van der Waals surface area contributed by atoms with Crippen LogP contribution in [0.1, 0.15) is 18.2 Å². The second-order valence-electron chi connectivity index (χ2n) is 6.42. The zero-order chi connectivity index (χ0) is 20.8. The van der Waals surface area contributed by atoms with Crippen molar-refractivity contribution in [1.82, 2.24) is 10.2 Å². The van der Waals surface area contributed by atoms with Crippen molar-refractivity contribution in [3.8, 4) is 28.5 Å². The van der Waals surface area contributed by atoms with Crippen molar-refractivity contribution < 1.29 is 19.0 Å². The highest BCUT2D eigenvalue weighted by atomic mass is 16.5. The van der Waals surface area contributed by atoms with Gasteiger partial charge >= 0.3 is 0 Å². The number of nitrogens with zero attached hydrogens (tertiary/aromatic N) is 1. The molecule has 1 heterocycles. The molecule has 0 saturated carbocycles. The molecule has 2 N–H and O–H groups in total. The van der Waals surface area contributed by atoms with Gasteiger partial charge in [-0.05, 0) is 42.3 Å². The Labute approximate surface area is 170 Å². The molecular weight excluding hydrogens is 370 g/mol. The second kappa shape index (κ2) is 9.14. The van der Waals surface area contributed by atoms with E-state index in [0.29, 0.717) is 29.3 Å². The normalized spacial score (nSPS) is 10.5. The van der Waals surface area contributed by atoms with E-state index in [-0.39, 0.29) is 12.3 Å². The van der Waals surface area contributed by atoms with Gasteiger partial charge in [0.05, 0.1) is 39.1 Å². The van der Waals surface area contributed by atoms with Gasteiger partial charge in [-0.15, -0.1) is 0 Å². The molecule has 0 aliphatic rings. The van der Waals surface area contributed by atoms with E-state index in [9.17, 15) is 4.79 Å². The van der Waals surface area contributed by atoms with Crippen LogP contribution in [0.15, 0.2) is 42.5 Å². The predicted molar refractivity (Wildman–Crippen MR) is 112 cm³/mol. The molecule has 0 fully saturated rings. The van der Waals surface area contributed by atoms with Gasteiger partial charge in [0.25, 0.3) is 0 Å². The lowest BCUT2D eigenvalue weighted by molar-refractivity contribution is -0.115. The summed E-state index contributed by atoms with van der Waals surface area (Å²) < 4.78 is 15.8. The lowest BCUT2D eigenvalue weighted by Gasteiger charge is -2.11. The minimum Gasteiger partial charge on any atom is -0.497 e. The molecule has 7 heteroatoms. The highest BCUT2D eigenvalue weighted by Gasteiger charge is 2.18. The standard InChI is InChI=1S/C22H25N3O4/c1-5-17-22(23-20(26)12-14-6-9-16(27-2)10-7-14)21(25-24-17)15-8-11-18(28-3)19(13-15)29-4/h6-11,13H,5,12H2,1-4H3,(H,23,26)(H,24,25). The van der Waals surface area contributed by atoms with Gasteiger partial charge in [0.15, 0.2) is 11.5 Å². The van der Waals surface area contributed by atoms with Gasteiger partial charge in [-0.3, -0.25) is 9.89 Å². The number of aromatic amines is 1. The zero-order valence-electron chi connectivity index (χ0n) is 17.0. The number of H-pyrrole nitrogens is 1. The molecule has 0 aliphatic heterocycles. The van der Waals surface area contributed by atoms with E-state index >= 15 is 0 Å². The van der Waals surface area contributed by atoms with Crippen LogP contribution in [0, 0.1) is 0 Å². The van der Waals surface area contributed by atoms with Gasteiger partial charge in [-0.25, -0.2) is 0 Å². The fourth-order valence-corrected chi connectivity index (χ4v) is 3.07. The van der Waals surface area contributed by atoms with E-state index in [0.717, 1.165) is 22.6 Å². The van der Waals surface area contributed by atoms with Gasteiger partial charge in [-0.2, -0.15) is 5.10 Å². The number of aromatic nitrogens is 2. The smallest absolute Gasteiger partial charge is 0.228 e. The summed E-state index contributed by atoms with van der Waals surface area (Å²) in [4.78, 5) is 12.7. The van der Waals surface area contributed by atoms with E-state index in [1.54, 1.807) is 21.3 Å². The summed E-state index contributed by atoms with van der Waals surface area (Å²) in [5.41, 5.74) is 3.91. The molecule has 0 bridgehead atoms. The summed E-state index contributed by atoms with van der Waals surface area (Å²) in [6, 6.07) is 13.0. The molecule has 0 radical (unpaired) electrons. The van der Waals surface area contributed by atoms with E-state index in [1.807, 2.05) is 49.4 Å². The third-order valence-electron chi connectivity index (χ3n) is 4.64. The fraction of sp³-hybridized carbons (Fsp3) is 0.273. The summed E-state index contributed by atoms with van der Waals surface area (Å²) in [6.07, 6.45) is 0.960. The number of nitrogens with one attached hydrogen (secondary N) is 2. The first-order valence-electron chi connectivity index (χ1n) is 9.32. The number of amides is 1. The van der Waals surface area contributed by atoms with E-state index in [4.69, 9.17) is 14.2 Å². The molecule has 0 unspecified atom stereocenters. The number of ether oxygens (including phenoxy) is 3. The van der Waals surface area contributed by atoms with Crippen LogP contribution < -0.4 is 19.5 Å². The SMILES string of the molecule is CCc1[nH]nc(-c2ccc(OC)c(OC)c2)c1NC(=O)Cc1ccc(OC)cc1. The lowest BCUT2D eigenvalue weighted by atomic mass is 10.1. The van der Waals surface area contributed by atoms with E-state index in [1.165, 1.54) is 0 Å². The van der Waals surface area contributed by atoms with Crippen molar-refractivity contribution in [2.24, 2.45) is 0 Å². The molecule has 152 valence electrons. The lowest BCUT2D eigenvalue weighted by Crippen LogP contribution is -2.15. The summed E-state index contributed by atoms with van der Waals surface area (Å²) in [6.45, 7) is 2.00. The fourth-order valence-electron chi connectivity index (χ4n) is 3.07. The average molecular weight is 395 g/mol. The molecule has 0 spiro atoms. The van der Waals surface area contributed by atoms with Crippen molar-refractivity contribution in [1.29, 1.82) is 0 Å². The number of carbonyl (C=O) groups is 1. The number of hydrogen-bond donors (Lipinski definition) is 2. The van der Waals surface area contributed by atoms with Crippen molar-refractivity contribution >= 4 is 11.6 Å². The number of carbonyl (C=O) groups excluding carboxylic acids is 1. The topological polar surface area (TPSA) is 85.5 Å². The highest BCUT2D eigenvalue weighted by molar-refractivity contribution is 5.96. The van der Waals surface area contributed by atoms with E-state index < -0.39 is 0 Å². The van der Waals surface area contributed by atoms with Gasteiger partial charge in [-0.1, -0.05) is 19.1 Å². The molecule has 0 atom stereocenters. The van der Waals surface area contributed by atoms with Crippen LogP contribution in [0.25, 0.3) is 11.3 Å². The third kappa shape index (κ3) is 4.51. The van der Waals surface area contributed by atoms with Crippen LogP contribution in [0.4, 0.5) is 5.69 Å². The number of aryl methyl sites for hydroxylation is 1. The van der Waals surface area contributed by atoms with Crippen LogP contribution in [0.5, 0.6) is 17.2 Å². The molecular formula is C22H25N3O4. The molecule has 0 saturated heterocycles. The third-order valence-corrected chi connectivity index (χ3v) is 4.64. The number of rotatable bonds is 8. The Morgan fingerprint density at radius 3 is 2.34 bits per heavy atom. The molecule has 1 amide bonds. The first kappa shape index (κ1) is 20.3. The molecule has 2 aromatic carbocycles. The first-order valence-corrected chi connectivity index (χ1v) is 9.32. The van der Waals surface area contributed by atoms with E-state index in [2.05, 4.69) is 15.5 Å². The van der Waals surface area contributed by atoms with Crippen molar-refractivity contribution in [2.75, 3.05) is 26.6 Å². The van der Waals surface area contributed by atoms with Crippen LogP contribution >= 0.6 is 0 Å². The van der Waals surface area contributed by atoms with Gasteiger partial charge < -0.3 is 19.5 Å². The maximum atomic E-state index is 12.7. The maximum absolute atomic E-state index is 12.7. The number of methoxy groups -OCH3 is 3. The highest BCUT2D eigenvalue weighted by Crippen LogP contribution is 2.35. The van der Waals surface area contributed by atoms with Gasteiger partial charge in [0.2, 0.25) is 5.91 Å². The minimum absolute atomic E-state index is 0.118. The maximum Gasteiger partial charge on any atom is 0.228 e. The Bertz CT molecular complexity index is 980. The van der Waals surface area contributed by atoms with Crippen LogP contribution in [-0.4, -0.2) is 37.4 Å². The molecule has 1 aromatic heterocycles. The minimum atomic E-state index is -0.118. The van der Waals surface area contributed by atoms with Crippen molar-refractivity contribution in [3.05, 3.63) is 53.7 Å². The number of anilines is 1. The molecule has 0 aliphatic carbocycles. The Balaban J connectivity index is 1.85. The van der Waals surface area contributed by atoms with Crippen molar-refractivity contribution in [3.63, 3.8) is 0 Å². The first-order chi connectivity index (χ1) is 14.1. The Morgan fingerprint density at radius 2 is 1.72 bits per heavy atom. The van der Waals surface area contributed by atoms with Crippen LogP contribution in [0.2, 0.25) is 0 Å². The molecule has 3 aromatic rings. The Morgan fingerprint density at radius 1 is 1.00 bits per heavy atom. The van der Waals surface area contributed by atoms with Crippen LogP contribution in [-0.2, 0) is 17.6 Å². The monoisotopic (exact) mass is 395 g/mol. The summed E-state index contributed by atoms with van der Waals surface area (Å²) in [5.74, 6) is 1.87. The molecule has 7 nitrogen and oxygen atoms in total.